The van der Waals surface area contributed by atoms with Crippen molar-refractivity contribution >= 4 is 15.9 Å². The lowest BCUT2D eigenvalue weighted by molar-refractivity contribution is 0.146. The smallest absolute Gasteiger partial charge is 0.267 e. The Bertz CT molecular complexity index is 317. The number of nitrogens with zero attached hydrogens (tertiary/aromatic N) is 1. The molecule has 0 aliphatic carbocycles. The molecule has 1 rings (SSSR count). The molecule has 0 spiro atoms. The molecule has 0 N–H and O–H groups in total. The first-order chi connectivity index (χ1) is 6.06. The maximum absolute atomic E-state index is 12.4. The van der Waals surface area contributed by atoms with E-state index in [1.165, 1.54) is 13.2 Å². The highest BCUT2D eigenvalue weighted by Crippen LogP contribution is 2.34. The second-order valence-electron chi connectivity index (χ2n) is 2.48. The van der Waals surface area contributed by atoms with Crippen LogP contribution in [0.4, 0.5) is 8.78 Å². The van der Waals surface area contributed by atoms with Crippen LogP contribution in [0.1, 0.15) is 17.7 Å². The minimum atomic E-state index is -2.55. The fraction of sp³-hybridized carbons (Fsp3) is 0.375. The van der Waals surface area contributed by atoms with E-state index in [-0.39, 0.29) is 11.3 Å². The van der Waals surface area contributed by atoms with Gasteiger partial charge in [-0.3, -0.25) is 0 Å². The van der Waals surface area contributed by atoms with Crippen molar-refractivity contribution in [1.29, 1.82) is 0 Å². The van der Waals surface area contributed by atoms with E-state index in [9.17, 15) is 8.78 Å². The summed E-state index contributed by atoms with van der Waals surface area (Å²) in [6, 6.07) is 1.31. The standard InChI is InChI=1S/C8H8BrF2NO/c1-4-3-5(8(10)11)6(13-2)7(9)12-4/h3,8H,1-2H3. The molecule has 0 fully saturated rings. The number of alkyl halides is 2. The second kappa shape index (κ2) is 4.00. The number of hydrogen-bond acceptors (Lipinski definition) is 2. The van der Waals surface area contributed by atoms with Crippen LogP contribution < -0.4 is 4.74 Å². The van der Waals surface area contributed by atoms with E-state index in [0.717, 1.165) is 0 Å². The Morgan fingerprint density at radius 2 is 2.15 bits per heavy atom. The van der Waals surface area contributed by atoms with E-state index in [4.69, 9.17) is 4.74 Å². The number of rotatable bonds is 2. The Hall–Kier alpha value is -0.710. The number of hydrogen-bond donors (Lipinski definition) is 0. The van der Waals surface area contributed by atoms with Gasteiger partial charge in [-0.25, -0.2) is 13.8 Å². The summed E-state index contributed by atoms with van der Waals surface area (Å²) in [5.41, 5.74) is 0.393. The van der Waals surface area contributed by atoms with Gasteiger partial charge < -0.3 is 4.74 Å². The van der Waals surface area contributed by atoms with E-state index in [1.54, 1.807) is 6.92 Å². The van der Waals surface area contributed by atoms with Gasteiger partial charge >= 0.3 is 0 Å². The van der Waals surface area contributed by atoms with Gasteiger partial charge in [0.2, 0.25) is 0 Å². The van der Waals surface area contributed by atoms with Gasteiger partial charge in [-0.1, -0.05) is 0 Å². The lowest BCUT2D eigenvalue weighted by atomic mass is 10.2. The van der Waals surface area contributed by atoms with Crippen LogP contribution in [-0.4, -0.2) is 12.1 Å². The van der Waals surface area contributed by atoms with Crippen molar-refractivity contribution < 1.29 is 13.5 Å². The van der Waals surface area contributed by atoms with Crippen molar-refractivity contribution in [3.05, 3.63) is 21.9 Å². The maximum Gasteiger partial charge on any atom is 0.267 e. The molecule has 5 heteroatoms. The minimum absolute atomic E-state index is 0.0978. The predicted octanol–water partition coefficient (Wildman–Crippen LogP) is 3.10. The first-order valence-electron chi connectivity index (χ1n) is 3.55. The molecule has 0 saturated heterocycles. The van der Waals surface area contributed by atoms with Crippen molar-refractivity contribution in [2.75, 3.05) is 7.11 Å². The van der Waals surface area contributed by atoms with Gasteiger partial charge in [0.25, 0.3) is 6.43 Å². The third-order valence-corrected chi connectivity index (χ3v) is 2.07. The Morgan fingerprint density at radius 1 is 1.54 bits per heavy atom. The Kier molecular flexibility index (Phi) is 3.19. The molecule has 1 aromatic heterocycles. The molecular weight excluding hydrogens is 244 g/mol. The highest BCUT2D eigenvalue weighted by Gasteiger charge is 2.17. The molecule has 0 radical (unpaired) electrons. The fourth-order valence-electron chi connectivity index (χ4n) is 1.01. The molecule has 0 aliphatic heterocycles. The van der Waals surface area contributed by atoms with E-state index < -0.39 is 6.43 Å². The van der Waals surface area contributed by atoms with Gasteiger partial charge in [-0.05, 0) is 28.9 Å². The largest absolute Gasteiger partial charge is 0.493 e. The van der Waals surface area contributed by atoms with E-state index in [2.05, 4.69) is 20.9 Å². The van der Waals surface area contributed by atoms with Crippen molar-refractivity contribution in [1.82, 2.24) is 4.98 Å². The molecule has 0 bridgehead atoms. The van der Waals surface area contributed by atoms with Crippen LogP contribution in [0.25, 0.3) is 0 Å². The van der Waals surface area contributed by atoms with Crippen LogP contribution in [-0.2, 0) is 0 Å². The molecule has 0 aliphatic rings. The zero-order valence-corrected chi connectivity index (χ0v) is 8.73. The maximum atomic E-state index is 12.4. The molecule has 0 unspecified atom stereocenters. The summed E-state index contributed by atoms with van der Waals surface area (Å²) < 4.78 is 30.0. The molecule has 0 aromatic carbocycles. The van der Waals surface area contributed by atoms with E-state index in [0.29, 0.717) is 10.3 Å². The highest BCUT2D eigenvalue weighted by atomic mass is 79.9. The van der Waals surface area contributed by atoms with Gasteiger partial charge in [0.15, 0.2) is 5.75 Å². The molecule has 1 aromatic rings. The fourth-order valence-corrected chi connectivity index (χ4v) is 1.68. The topological polar surface area (TPSA) is 22.1 Å². The van der Waals surface area contributed by atoms with Gasteiger partial charge in [-0.2, -0.15) is 0 Å². The summed E-state index contributed by atoms with van der Waals surface area (Å²) in [5, 5.41) is 0. The summed E-state index contributed by atoms with van der Waals surface area (Å²) in [6.07, 6.45) is -2.55. The number of pyridine rings is 1. The van der Waals surface area contributed by atoms with E-state index in [1.807, 2.05) is 0 Å². The zero-order chi connectivity index (χ0) is 10.0. The number of ether oxygens (including phenoxy) is 1. The quantitative estimate of drug-likeness (QED) is 0.754. The van der Waals surface area contributed by atoms with Gasteiger partial charge in [0.05, 0.1) is 12.7 Å². The molecule has 0 saturated carbocycles. The highest BCUT2D eigenvalue weighted by molar-refractivity contribution is 9.10. The number of methoxy groups -OCH3 is 1. The lowest BCUT2D eigenvalue weighted by Crippen LogP contribution is -1.97. The third kappa shape index (κ3) is 2.15. The molecule has 2 nitrogen and oxygen atoms in total. The number of aromatic nitrogens is 1. The average molecular weight is 252 g/mol. The third-order valence-electron chi connectivity index (χ3n) is 1.53. The van der Waals surface area contributed by atoms with Crippen molar-refractivity contribution in [2.24, 2.45) is 0 Å². The summed E-state index contributed by atoms with van der Waals surface area (Å²) >= 11 is 3.06. The summed E-state index contributed by atoms with van der Waals surface area (Å²) in [6.45, 7) is 1.65. The Morgan fingerprint density at radius 3 is 2.62 bits per heavy atom. The average Bonchev–Trinajstić information content (AvgIpc) is 2.02. The van der Waals surface area contributed by atoms with Crippen molar-refractivity contribution in [2.45, 2.75) is 13.3 Å². The number of halogens is 3. The van der Waals surface area contributed by atoms with Gasteiger partial charge in [0, 0.05) is 5.69 Å². The van der Waals surface area contributed by atoms with Crippen molar-refractivity contribution in [3.8, 4) is 5.75 Å². The van der Waals surface area contributed by atoms with Crippen LogP contribution >= 0.6 is 15.9 Å². The molecular formula is C8H8BrF2NO. The van der Waals surface area contributed by atoms with Crippen LogP contribution in [0.3, 0.4) is 0 Å². The molecule has 72 valence electrons. The van der Waals surface area contributed by atoms with Crippen LogP contribution in [0, 0.1) is 6.92 Å². The monoisotopic (exact) mass is 251 g/mol. The van der Waals surface area contributed by atoms with Crippen LogP contribution in [0.15, 0.2) is 10.7 Å². The molecule has 0 amide bonds. The molecule has 1 heterocycles. The SMILES string of the molecule is COc1c(C(F)F)cc(C)nc1Br. The van der Waals surface area contributed by atoms with Gasteiger partial charge in [0.1, 0.15) is 4.60 Å². The normalized spacial score (nSPS) is 10.6. The molecule has 0 atom stereocenters. The molecule has 13 heavy (non-hydrogen) atoms. The predicted molar refractivity (Wildman–Crippen MR) is 48.2 cm³/mol. The first kappa shape index (κ1) is 10.4. The van der Waals surface area contributed by atoms with Crippen molar-refractivity contribution in [3.63, 3.8) is 0 Å². The zero-order valence-electron chi connectivity index (χ0n) is 7.14. The summed E-state index contributed by atoms with van der Waals surface area (Å²) in [7, 11) is 1.34. The Balaban J connectivity index is 3.29. The Labute approximate surface area is 83.1 Å². The van der Waals surface area contributed by atoms with Crippen LogP contribution in [0.5, 0.6) is 5.75 Å². The van der Waals surface area contributed by atoms with Gasteiger partial charge in [-0.15, -0.1) is 0 Å². The first-order valence-corrected chi connectivity index (χ1v) is 4.34. The summed E-state index contributed by atoms with van der Waals surface area (Å²) in [5.74, 6) is 0.0978. The van der Waals surface area contributed by atoms with Crippen LogP contribution in [0.2, 0.25) is 0 Å². The second-order valence-corrected chi connectivity index (χ2v) is 3.23. The van der Waals surface area contributed by atoms with E-state index >= 15 is 0 Å². The lowest BCUT2D eigenvalue weighted by Gasteiger charge is -2.09. The minimum Gasteiger partial charge on any atom is -0.493 e. The number of aryl methyl sites for hydroxylation is 1. The summed E-state index contributed by atoms with van der Waals surface area (Å²) in [4.78, 5) is 3.95.